The van der Waals surface area contributed by atoms with Gasteiger partial charge in [-0.3, -0.25) is 0 Å². The smallest absolute Gasteiger partial charge is 0.306 e. The van der Waals surface area contributed by atoms with Crippen LogP contribution in [0.2, 0.25) is 0 Å². The van der Waals surface area contributed by atoms with Gasteiger partial charge in [0.1, 0.15) is 0 Å². The second kappa shape index (κ2) is 5.08. The minimum atomic E-state index is -0.147. The number of aromatic nitrogens is 2. The zero-order valence-corrected chi connectivity index (χ0v) is 11.7. The van der Waals surface area contributed by atoms with Gasteiger partial charge in [-0.2, -0.15) is 0 Å². The quantitative estimate of drug-likeness (QED) is 0.830. The summed E-state index contributed by atoms with van der Waals surface area (Å²) in [5, 5.41) is 0. The van der Waals surface area contributed by atoms with Crippen molar-refractivity contribution < 1.29 is 0 Å². The second-order valence-corrected chi connectivity index (χ2v) is 5.35. The molecule has 0 saturated heterocycles. The first kappa shape index (κ1) is 12.4. The molecule has 17 heavy (non-hydrogen) atoms. The lowest BCUT2D eigenvalue weighted by molar-refractivity contribution is 0.487. The van der Waals surface area contributed by atoms with E-state index in [2.05, 4.69) is 45.8 Å². The first-order chi connectivity index (χ1) is 8.15. The van der Waals surface area contributed by atoms with Crippen molar-refractivity contribution in [3.8, 4) is 0 Å². The Kier molecular flexibility index (Phi) is 3.72. The summed E-state index contributed by atoms with van der Waals surface area (Å²) in [6.07, 6.45) is 2.29. The van der Waals surface area contributed by atoms with Crippen LogP contribution < -0.4 is 5.69 Å². The Bertz CT molecular complexity index is 554. The fourth-order valence-electron chi connectivity index (χ4n) is 2.20. The van der Waals surface area contributed by atoms with Crippen LogP contribution in [0.4, 0.5) is 0 Å². The molecule has 1 atom stereocenters. The normalized spacial score (nSPS) is 13.4. The highest BCUT2D eigenvalue weighted by molar-refractivity contribution is 9.09. The van der Waals surface area contributed by atoms with Gasteiger partial charge < -0.3 is 9.97 Å². The van der Waals surface area contributed by atoms with Crippen LogP contribution in [0.1, 0.15) is 37.1 Å². The van der Waals surface area contributed by atoms with E-state index in [0.717, 1.165) is 23.9 Å². The van der Waals surface area contributed by atoms with E-state index >= 15 is 0 Å². The summed E-state index contributed by atoms with van der Waals surface area (Å²) in [7, 11) is 0. The van der Waals surface area contributed by atoms with Gasteiger partial charge in [-0.15, -0.1) is 0 Å². The van der Waals surface area contributed by atoms with Crippen molar-refractivity contribution >= 4 is 27.0 Å². The average Bonchev–Trinajstić information content (AvgIpc) is 2.69. The molecule has 1 aromatic carbocycles. The molecule has 0 spiro atoms. The number of aromatic amines is 2. The van der Waals surface area contributed by atoms with Gasteiger partial charge in [0.25, 0.3) is 0 Å². The maximum absolute atomic E-state index is 11.2. The van der Waals surface area contributed by atoms with Crippen LogP contribution >= 0.6 is 15.9 Å². The number of halogens is 1. The predicted octanol–water partition coefficient (Wildman–Crippen LogP) is 3.73. The van der Waals surface area contributed by atoms with Gasteiger partial charge in [-0.05, 0) is 23.6 Å². The van der Waals surface area contributed by atoms with E-state index in [1.165, 1.54) is 5.56 Å². The Hall–Kier alpha value is -1.03. The van der Waals surface area contributed by atoms with Gasteiger partial charge in [-0.25, -0.2) is 4.79 Å². The number of fused-ring (bicyclic) bond motifs is 1. The number of nitrogens with one attached hydrogen (secondary N) is 2. The SMILES string of the molecule is CCC(CC)C(Br)c1ccc2[nH]c(=O)[nH]c2c1. The van der Waals surface area contributed by atoms with Crippen molar-refractivity contribution in [3.63, 3.8) is 0 Å². The lowest BCUT2D eigenvalue weighted by Crippen LogP contribution is -2.05. The third-order valence-corrected chi connectivity index (χ3v) is 4.60. The van der Waals surface area contributed by atoms with Gasteiger partial charge in [-0.1, -0.05) is 48.7 Å². The molecule has 0 aliphatic heterocycles. The topological polar surface area (TPSA) is 48.6 Å². The van der Waals surface area contributed by atoms with Crippen LogP contribution in [0.5, 0.6) is 0 Å². The summed E-state index contributed by atoms with van der Waals surface area (Å²) in [5.74, 6) is 0.623. The Morgan fingerprint density at radius 3 is 2.47 bits per heavy atom. The minimum Gasteiger partial charge on any atom is -0.306 e. The molecular weight excluding hydrogens is 280 g/mol. The van der Waals surface area contributed by atoms with Crippen LogP contribution in [0.3, 0.4) is 0 Å². The summed E-state index contributed by atoms with van der Waals surface area (Å²) in [6, 6.07) is 6.08. The fourth-order valence-corrected chi connectivity index (χ4v) is 3.23. The summed E-state index contributed by atoms with van der Waals surface area (Å²) < 4.78 is 0. The highest BCUT2D eigenvalue weighted by Gasteiger charge is 2.17. The van der Waals surface area contributed by atoms with Crippen molar-refractivity contribution in [2.75, 3.05) is 0 Å². The van der Waals surface area contributed by atoms with Crippen LogP contribution in [-0.4, -0.2) is 9.97 Å². The number of alkyl halides is 1. The van der Waals surface area contributed by atoms with E-state index in [-0.39, 0.29) is 5.69 Å². The zero-order chi connectivity index (χ0) is 12.4. The third-order valence-electron chi connectivity index (χ3n) is 3.32. The fraction of sp³-hybridized carbons (Fsp3) is 0.462. The van der Waals surface area contributed by atoms with Crippen molar-refractivity contribution in [1.29, 1.82) is 0 Å². The van der Waals surface area contributed by atoms with Gasteiger partial charge in [0.05, 0.1) is 11.0 Å². The van der Waals surface area contributed by atoms with E-state index in [0.29, 0.717) is 10.7 Å². The van der Waals surface area contributed by atoms with Crippen molar-refractivity contribution in [2.45, 2.75) is 31.5 Å². The number of H-pyrrole nitrogens is 2. The van der Waals surface area contributed by atoms with E-state index in [1.54, 1.807) is 0 Å². The second-order valence-electron chi connectivity index (χ2n) is 4.36. The minimum absolute atomic E-state index is 0.147. The molecule has 0 aliphatic carbocycles. The van der Waals surface area contributed by atoms with Crippen LogP contribution in [0.25, 0.3) is 11.0 Å². The van der Waals surface area contributed by atoms with Gasteiger partial charge >= 0.3 is 5.69 Å². The van der Waals surface area contributed by atoms with E-state index in [4.69, 9.17) is 0 Å². The maximum atomic E-state index is 11.2. The number of rotatable bonds is 4. The number of imidazole rings is 1. The van der Waals surface area contributed by atoms with Gasteiger partial charge in [0.2, 0.25) is 0 Å². The molecule has 0 bridgehead atoms. The molecule has 2 N–H and O–H groups in total. The Labute approximate surface area is 109 Å². The Morgan fingerprint density at radius 1 is 1.18 bits per heavy atom. The molecule has 0 saturated carbocycles. The molecule has 0 amide bonds. The van der Waals surface area contributed by atoms with Crippen LogP contribution in [0, 0.1) is 5.92 Å². The van der Waals surface area contributed by atoms with Crippen molar-refractivity contribution in [3.05, 3.63) is 34.2 Å². The zero-order valence-electron chi connectivity index (χ0n) is 10.1. The van der Waals surface area contributed by atoms with Gasteiger partial charge in [0, 0.05) is 4.83 Å². The van der Waals surface area contributed by atoms with Gasteiger partial charge in [0.15, 0.2) is 0 Å². The van der Waals surface area contributed by atoms with E-state index in [1.807, 2.05) is 12.1 Å². The summed E-state index contributed by atoms with van der Waals surface area (Å²) in [5.41, 5.74) is 2.82. The first-order valence-electron chi connectivity index (χ1n) is 6.01. The molecular formula is C13H17BrN2O. The monoisotopic (exact) mass is 296 g/mol. The third kappa shape index (κ3) is 2.46. The molecule has 0 radical (unpaired) electrons. The standard InChI is InChI=1S/C13H17BrN2O/c1-3-8(4-2)12(14)9-5-6-10-11(7-9)16-13(17)15-10/h5-8,12H,3-4H2,1-2H3,(H2,15,16,17). The molecule has 0 aliphatic rings. The van der Waals surface area contributed by atoms with Crippen LogP contribution in [0.15, 0.2) is 23.0 Å². The lowest BCUT2D eigenvalue weighted by atomic mass is 9.94. The highest BCUT2D eigenvalue weighted by Crippen LogP contribution is 2.35. The highest BCUT2D eigenvalue weighted by atomic mass is 79.9. The molecule has 92 valence electrons. The van der Waals surface area contributed by atoms with Crippen molar-refractivity contribution in [2.24, 2.45) is 5.92 Å². The summed E-state index contributed by atoms with van der Waals surface area (Å²) >= 11 is 3.76. The molecule has 1 unspecified atom stereocenters. The molecule has 4 heteroatoms. The number of hydrogen-bond donors (Lipinski definition) is 2. The summed E-state index contributed by atoms with van der Waals surface area (Å²) in [6.45, 7) is 4.41. The Balaban J connectivity index is 2.38. The number of benzene rings is 1. The van der Waals surface area contributed by atoms with Crippen molar-refractivity contribution in [1.82, 2.24) is 9.97 Å². The molecule has 0 fully saturated rings. The molecule has 1 heterocycles. The molecule has 3 nitrogen and oxygen atoms in total. The molecule has 2 aromatic rings. The van der Waals surface area contributed by atoms with E-state index < -0.39 is 0 Å². The predicted molar refractivity (Wildman–Crippen MR) is 74.7 cm³/mol. The molecule has 1 aromatic heterocycles. The number of hydrogen-bond acceptors (Lipinski definition) is 1. The van der Waals surface area contributed by atoms with Crippen LogP contribution in [-0.2, 0) is 0 Å². The first-order valence-corrected chi connectivity index (χ1v) is 6.93. The Morgan fingerprint density at radius 2 is 1.82 bits per heavy atom. The average molecular weight is 297 g/mol. The van der Waals surface area contributed by atoms with E-state index in [9.17, 15) is 4.79 Å². The lowest BCUT2D eigenvalue weighted by Gasteiger charge is -2.19. The molecule has 2 rings (SSSR count). The largest absolute Gasteiger partial charge is 0.323 e. The summed E-state index contributed by atoms with van der Waals surface area (Å²) in [4.78, 5) is 17.1. The maximum Gasteiger partial charge on any atom is 0.323 e.